The summed E-state index contributed by atoms with van der Waals surface area (Å²) in [5, 5.41) is 13.9. The van der Waals surface area contributed by atoms with Crippen LogP contribution in [0.1, 0.15) is 10.4 Å². The van der Waals surface area contributed by atoms with Crippen molar-refractivity contribution in [2.45, 2.75) is 0 Å². The number of carboxylic acids is 1. The molecule has 6 nitrogen and oxygen atoms in total. The van der Waals surface area contributed by atoms with E-state index >= 15 is 0 Å². The number of methoxy groups -OCH3 is 1. The van der Waals surface area contributed by atoms with E-state index in [0.717, 1.165) is 16.5 Å². The van der Waals surface area contributed by atoms with Crippen LogP contribution in [0.15, 0.2) is 54.7 Å². The Balaban J connectivity index is 2.09. The van der Waals surface area contributed by atoms with E-state index in [9.17, 15) is 9.90 Å². The topological polar surface area (TPSA) is 84.3 Å². The van der Waals surface area contributed by atoms with E-state index in [1.54, 1.807) is 32.5 Å². The predicted octanol–water partition coefficient (Wildman–Crippen LogP) is 6.02. The van der Waals surface area contributed by atoms with Crippen molar-refractivity contribution in [1.29, 1.82) is 0 Å². The molecular weight excluding hydrogens is 437 g/mol. The van der Waals surface area contributed by atoms with Crippen LogP contribution in [0.2, 0.25) is 10.0 Å². The van der Waals surface area contributed by atoms with Crippen molar-refractivity contribution in [3.05, 3.63) is 70.3 Å². The number of anilines is 1. The van der Waals surface area contributed by atoms with E-state index in [1.165, 1.54) is 12.1 Å². The van der Waals surface area contributed by atoms with Gasteiger partial charge in [-0.05, 0) is 41.5 Å². The third-order valence-electron chi connectivity index (χ3n) is 4.90. The van der Waals surface area contributed by atoms with Crippen LogP contribution in [0.3, 0.4) is 0 Å². The number of hydrogen-bond acceptors (Lipinski definition) is 5. The highest BCUT2D eigenvalue weighted by Gasteiger charge is 2.20. The third-order valence-corrected chi connectivity index (χ3v) is 5.44. The molecule has 0 aliphatic rings. The van der Waals surface area contributed by atoms with Crippen molar-refractivity contribution in [2.75, 3.05) is 19.5 Å². The minimum atomic E-state index is -1.05. The molecule has 4 aromatic rings. The summed E-state index contributed by atoms with van der Waals surface area (Å²) in [4.78, 5) is 20.3. The van der Waals surface area contributed by atoms with Gasteiger partial charge in [0.05, 0.1) is 12.7 Å². The maximum Gasteiger partial charge on any atom is 0.335 e. The molecule has 1 aromatic heterocycles. The molecule has 0 saturated carbocycles. The lowest BCUT2D eigenvalue weighted by atomic mass is 9.94. The molecule has 0 saturated heterocycles. The fourth-order valence-electron chi connectivity index (χ4n) is 3.46. The number of ether oxygens (including phenoxy) is 1. The fourth-order valence-corrected chi connectivity index (χ4v) is 3.93. The number of carbonyl (C=O) groups is 1. The van der Waals surface area contributed by atoms with Gasteiger partial charge in [-0.2, -0.15) is 0 Å². The summed E-state index contributed by atoms with van der Waals surface area (Å²) in [7, 11) is 3.29. The number of rotatable bonds is 5. The van der Waals surface area contributed by atoms with Gasteiger partial charge in [-0.3, -0.25) is 0 Å². The van der Waals surface area contributed by atoms with Gasteiger partial charge in [0.25, 0.3) is 0 Å². The van der Waals surface area contributed by atoms with Gasteiger partial charge >= 0.3 is 5.97 Å². The molecule has 0 aliphatic carbocycles. The normalized spacial score (nSPS) is 10.8. The van der Waals surface area contributed by atoms with Crippen LogP contribution in [-0.2, 0) is 0 Å². The molecule has 8 heteroatoms. The Hall–Kier alpha value is -3.35. The van der Waals surface area contributed by atoms with E-state index in [-0.39, 0.29) is 10.6 Å². The molecule has 0 radical (unpaired) electrons. The number of fused-ring (bicyclic) bond motifs is 1. The molecule has 2 N–H and O–H groups in total. The highest BCUT2D eigenvalue weighted by Crippen LogP contribution is 2.44. The Morgan fingerprint density at radius 1 is 1.06 bits per heavy atom. The molecule has 0 aliphatic heterocycles. The first kappa shape index (κ1) is 20.9. The smallest absolute Gasteiger partial charge is 0.335 e. The highest BCUT2D eigenvalue weighted by atomic mass is 35.5. The second-order valence-electron chi connectivity index (χ2n) is 6.72. The number of halogens is 2. The van der Waals surface area contributed by atoms with Crippen LogP contribution in [0.25, 0.3) is 33.2 Å². The zero-order valence-electron chi connectivity index (χ0n) is 16.6. The standard InChI is InChI=1S/C23H17Cl2N3O3/c1-26-23-27-11-18-16(12-4-3-5-14(24)8-12)10-17(21(31-2)20(18)28-23)15-7-6-13(22(29)30)9-19(15)25/h3-11H,1-2H3,(H,29,30)(H,26,27,28). The lowest BCUT2D eigenvalue weighted by Crippen LogP contribution is -2.01. The van der Waals surface area contributed by atoms with Crippen LogP contribution in [0.5, 0.6) is 5.75 Å². The van der Waals surface area contributed by atoms with E-state index in [0.29, 0.717) is 33.4 Å². The van der Waals surface area contributed by atoms with Crippen LogP contribution < -0.4 is 10.1 Å². The lowest BCUT2D eigenvalue weighted by Gasteiger charge is -2.17. The van der Waals surface area contributed by atoms with Gasteiger partial charge in [-0.1, -0.05) is 41.4 Å². The molecule has 1 heterocycles. The van der Waals surface area contributed by atoms with E-state index in [2.05, 4.69) is 15.3 Å². The Bertz CT molecular complexity index is 1330. The number of aromatic nitrogens is 2. The largest absolute Gasteiger partial charge is 0.494 e. The number of benzene rings is 3. The summed E-state index contributed by atoms with van der Waals surface area (Å²) in [5.41, 5.74) is 3.71. The number of carboxylic acid groups (broad SMARTS) is 1. The van der Waals surface area contributed by atoms with Crippen molar-refractivity contribution in [2.24, 2.45) is 0 Å². The fraction of sp³-hybridized carbons (Fsp3) is 0.0870. The number of nitrogens with zero attached hydrogens (tertiary/aromatic N) is 2. The van der Waals surface area contributed by atoms with Gasteiger partial charge in [-0.15, -0.1) is 0 Å². The maximum absolute atomic E-state index is 11.3. The van der Waals surface area contributed by atoms with Gasteiger partial charge in [0.15, 0.2) is 5.75 Å². The molecule has 0 fully saturated rings. The summed E-state index contributed by atoms with van der Waals surface area (Å²) in [6.07, 6.45) is 1.73. The summed E-state index contributed by atoms with van der Waals surface area (Å²) in [5.74, 6) is -0.109. The first-order valence-corrected chi connectivity index (χ1v) is 10.0. The zero-order valence-corrected chi connectivity index (χ0v) is 18.1. The van der Waals surface area contributed by atoms with E-state index in [4.69, 9.17) is 27.9 Å². The van der Waals surface area contributed by atoms with Crippen molar-refractivity contribution in [3.8, 4) is 28.0 Å². The molecule has 31 heavy (non-hydrogen) atoms. The van der Waals surface area contributed by atoms with Crippen LogP contribution in [0, 0.1) is 0 Å². The summed E-state index contributed by atoms with van der Waals surface area (Å²) >= 11 is 12.7. The highest BCUT2D eigenvalue weighted by molar-refractivity contribution is 6.34. The van der Waals surface area contributed by atoms with Crippen molar-refractivity contribution >= 4 is 46.0 Å². The molecule has 3 aromatic carbocycles. The first-order valence-electron chi connectivity index (χ1n) is 9.27. The monoisotopic (exact) mass is 453 g/mol. The third kappa shape index (κ3) is 3.87. The van der Waals surface area contributed by atoms with Gasteiger partial charge in [-0.25, -0.2) is 14.8 Å². The molecule has 0 bridgehead atoms. The van der Waals surface area contributed by atoms with Crippen molar-refractivity contribution in [1.82, 2.24) is 9.97 Å². The number of nitrogens with one attached hydrogen (secondary N) is 1. The molecule has 0 spiro atoms. The Labute approximate surface area is 188 Å². The summed E-state index contributed by atoms with van der Waals surface area (Å²) < 4.78 is 5.74. The molecule has 0 unspecified atom stereocenters. The van der Waals surface area contributed by atoms with Crippen molar-refractivity contribution in [3.63, 3.8) is 0 Å². The number of aromatic carboxylic acids is 1. The minimum Gasteiger partial charge on any atom is -0.494 e. The van der Waals surface area contributed by atoms with Gasteiger partial charge in [0.2, 0.25) is 5.95 Å². The lowest BCUT2D eigenvalue weighted by molar-refractivity contribution is 0.0697. The van der Waals surface area contributed by atoms with Crippen LogP contribution in [-0.4, -0.2) is 35.2 Å². The van der Waals surface area contributed by atoms with Gasteiger partial charge in [0, 0.05) is 39.8 Å². The molecule has 0 atom stereocenters. The summed E-state index contributed by atoms with van der Waals surface area (Å²) in [6, 6.07) is 14.0. The SMILES string of the molecule is CNc1ncc2c(-c3cccc(Cl)c3)cc(-c3ccc(C(=O)O)cc3Cl)c(OC)c2n1. The maximum atomic E-state index is 11.3. The Kier molecular flexibility index (Phi) is 5.67. The van der Waals surface area contributed by atoms with Crippen LogP contribution >= 0.6 is 23.2 Å². The molecular formula is C23H17Cl2N3O3. The molecule has 4 rings (SSSR count). The molecule has 156 valence electrons. The average molecular weight is 454 g/mol. The Morgan fingerprint density at radius 2 is 1.87 bits per heavy atom. The number of hydrogen-bond donors (Lipinski definition) is 2. The van der Waals surface area contributed by atoms with Crippen molar-refractivity contribution < 1.29 is 14.6 Å². The second kappa shape index (κ2) is 8.41. The van der Waals surface area contributed by atoms with E-state index in [1.807, 2.05) is 24.3 Å². The Morgan fingerprint density at radius 3 is 2.52 bits per heavy atom. The quantitative estimate of drug-likeness (QED) is 0.384. The first-order chi connectivity index (χ1) is 14.9. The average Bonchev–Trinajstić information content (AvgIpc) is 2.77. The van der Waals surface area contributed by atoms with Gasteiger partial charge in [0.1, 0.15) is 5.52 Å². The minimum absolute atomic E-state index is 0.100. The van der Waals surface area contributed by atoms with E-state index < -0.39 is 5.97 Å². The zero-order chi connectivity index (χ0) is 22.1. The second-order valence-corrected chi connectivity index (χ2v) is 7.56. The predicted molar refractivity (Wildman–Crippen MR) is 123 cm³/mol. The molecule has 0 amide bonds. The summed E-state index contributed by atoms with van der Waals surface area (Å²) in [6.45, 7) is 0. The van der Waals surface area contributed by atoms with Crippen LogP contribution in [0.4, 0.5) is 5.95 Å². The van der Waals surface area contributed by atoms with Gasteiger partial charge < -0.3 is 15.2 Å².